The topological polar surface area (TPSA) is 106 Å². The van der Waals surface area contributed by atoms with E-state index in [0.29, 0.717) is 5.69 Å². The molecule has 108 valence electrons. The lowest BCUT2D eigenvalue weighted by molar-refractivity contribution is -0.120. The molecule has 0 radical (unpaired) electrons. The molecule has 1 aromatic heterocycles. The molecule has 0 bridgehead atoms. The third kappa shape index (κ3) is 3.24. The SMILES string of the molecule is COc1ncc(NC(=O)C2CCNCC2)cc1C(N)=O. The lowest BCUT2D eigenvalue weighted by Crippen LogP contribution is -2.34. The largest absolute Gasteiger partial charge is 0.480 e. The second kappa shape index (κ2) is 6.33. The summed E-state index contributed by atoms with van der Waals surface area (Å²) >= 11 is 0. The summed E-state index contributed by atoms with van der Waals surface area (Å²) in [5.41, 5.74) is 5.85. The smallest absolute Gasteiger partial charge is 0.254 e. The average Bonchev–Trinajstić information content (AvgIpc) is 2.48. The van der Waals surface area contributed by atoms with Crippen molar-refractivity contribution in [3.8, 4) is 5.88 Å². The third-order valence-electron chi connectivity index (χ3n) is 3.29. The molecule has 1 saturated heterocycles. The number of hydrogen-bond donors (Lipinski definition) is 3. The summed E-state index contributed by atoms with van der Waals surface area (Å²) < 4.78 is 4.95. The van der Waals surface area contributed by atoms with Gasteiger partial charge in [-0.1, -0.05) is 0 Å². The highest BCUT2D eigenvalue weighted by Gasteiger charge is 2.21. The fourth-order valence-corrected chi connectivity index (χ4v) is 2.19. The highest BCUT2D eigenvalue weighted by Crippen LogP contribution is 2.20. The summed E-state index contributed by atoms with van der Waals surface area (Å²) in [6.45, 7) is 1.68. The molecule has 0 spiro atoms. The number of pyridine rings is 1. The number of carbonyl (C=O) groups is 2. The van der Waals surface area contributed by atoms with Gasteiger partial charge < -0.3 is 21.1 Å². The van der Waals surface area contributed by atoms with Gasteiger partial charge in [-0.3, -0.25) is 9.59 Å². The zero-order valence-corrected chi connectivity index (χ0v) is 11.3. The van der Waals surface area contributed by atoms with Crippen LogP contribution in [0.25, 0.3) is 0 Å². The van der Waals surface area contributed by atoms with Gasteiger partial charge in [-0.25, -0.2) is 4.98 Å². The molecule has 4 N–H and O–H groups in total. The van der Waals surface area contributed by atoms with Crippen molar-refractivity contribution < 1.29 is 14.3 Å². The second-order valence-electron chi connectivity index (χ2n) is 4.66. The zero-order valence-electron chi connectivity index (χ0n) is 11.3. The van der Waals surface area contributed by atoms with Gasteiger partial charge in [0.25, 0.3) is 5.91 Å². The first-order valence-corrected chi connectivity index (χ1v) is 6.47. The maximum atomic E-state index is 12.1. The van der Waals surface area contributed by atoms with Gasteiger partial charge in [-0.05, 0) is 32.0 Å². The number of aromatic nitrogens is 1. The number of primary amides is 1. The van der Waals surface area contributed by atoms with Crippen molar-refractivity contribution in [2.24, 2.45) is 11.7 Å². The molecule has 0 unspecified atom stereocenters. The van der Waals surface area contributed by atoms with Crippen LogP contribution in [-0.4, -0.2) is 37.0 Å². The van der Waals surface area contributed by atoms with Crippen LogP contribution in [0, 0.1) is 5.92 Å². The van der Waals surface area contributed by atoms with Crippen LogP contribution in [0.15, 0.2) is 12.3 Å². The van der Waals surface area contributed by atoms with E-state index in [9.17, 15) is 9.59 Å². The van der Waals surface area contributed by atoms with Crippen LogP contribution in [0.5, 0.6) is 5.88 Å². The van der Waals surface area contributed by atoms with Crippen molar-refractivity contribution in [1.29, 1.82) is 0 Å². The summed E-state index contributed by atoms with van der Waals surface area (Å²) in [5.74, 6) is -0.575. The minimum absolute atomic E-state index is 0.0182. The number of nitrogens with zero attached hydrogens (tertiary/aromatic N) is 1. The van der Waals surface area contributed by atoms with E-state index in [1.54, 1.807) is 0 Å². The minimum atomic E-state index is -0.646. The number of hydrogen-bond acceptors (Lipinski definition) is 5. The molecule has 2 amide bonds. The Bertz CT molecular complexity index is 512. The van der Waals surface area contributed by atoms with E-state index in [1.807, 2.05) is 0 Å². The Kier molecular flexibility index (Phi) is 4.52. The van der Waals surface area contributed by atoms with Gasteiger partial charge in [0.2, 0.25) is 11.8 Å². The second-order valence-corrected chi connectivity index (χ2v) is 4.66. The number of amides is 2. The number of ether oxygens (including phenoxy) is 1. The number of rotatable bonds is 4. The van der Waals surface area contributed by atoms with E-state index in [-0.39, 0.29) is 23.3 Å². The Hall–Kier alpha value is -2.15. The number of nitrogens with one attached hydrogen (secondary N) is 2. The first kappa shape index (κ1) is 14.3. The predicted molar refractivity (Wildman–Crippen MR) is 73.5 cm³/mol. The predicted octanol–water partition coefficient (Wildman–Crippen LogP) is 0.127. The molecule has 1 aliphatic rings. The Morgan fingerprint density at radius 2 is 2.15 bits per heavy atom. The maximum absolute atomic E-state index is 12.1. The van der Waals surface area contributed by atoms with Crippen molar-refractivity contribution in [2.75, 3.05) is 25.5 Å². The van der Waals surface area contributed by atoms with Crippen molar-refractivity contribution in [2.45, 2.75) is 12.8 Å². The van der Waals surface area contributed by atoms with Crippen molar-refractivity contribution in [3.05, 3.63) is 17.8 Å². The zero-order chi connectivity index (χ0) is 14.5. The summed E-state index contributed by atoms with van der Waals surface area (Å²) in [6.07, 6.45) is 3.06. The Balaban J connectivity index is 2.10. The van der Waals surface area contributed by atoms with Crippen molar-refractivity contribution in [1.82, 2.24) is 10.3 Å². The Morgan fingerprint density at radius 1 is 1.45 bits per heavy atom. The summed E-state index contributed by atoms with van der Waals surface area (Å²) in [6, 6.07) is 1.48. The number of anilines is 1. The lowest BCUT2D eigenvalue weighted by atomic mass is 9.97. The molecule has 0 atom stereocenters. The summed E-state index contributed by atoms with van der Waals surface area (Å²) in [7, 11) is 1.40. The molecule has 1 fully saturated rings. The fourth-order valence-electron chi connectivity index (χ4n) is 2.19. The monoisotopic (exact) mass is 278 g/mol. The summed E-state index contributed by atoms with van der Waals surface area (Å²) in [5, 5.41) is 5.97. The summed E-state index contributed by atoms with van der Waals surface area (Å²) in [4.78, 5) is 27.4. The fraction of sp³-hybridized carbons (Fsp3) is 0.462. The Morgan fingerprint density at radius 3 is 2.75 bits per heavy atom. The molecule has 1 aliphatic heterocycles. The van der Waals surface area contributed by atoms with Crippen molar-refractivity contribution in [3.63, 3.8) is 0 Å². The van der Waals surface area contributed by atoms with Gasteiger partial charge in [0.15, 0.2) is 0 Å². The minimum Gasteiger partial charge on any atom is -0.480 e. The quantitative estimate of drug-likeness (QED) is 0.725. The van der Waals surface area contributed by atoms with Gasteiger partial charge in [0.1, 0.15) is 5.56 Å². The number of nitrogens with two attached hydrogens (primary N) is 1. The molecule has 2 heterocycles. The Labute approximate surface area is 116 Å². The van der Waals surface area contributed by atoms with E-state index >= 15 is 0 Å². The normalized spacial score (nSPS) is 15.7. The van der Waals surface area contributed by atoms with E-state index in [1.165, 1.54) is 19.4 Å². The van der Waals surface area contributed by atoms with Crippen LogP contribution < -0.4 is 21.1 Å². The number of carbonyl (C=O) groups excluding carboxylic acids is 2. The van der Waals surface area contributed by atoms with Crippen molar-refractivity contribution >= 4 is 17.5 Å². The molecule has 1 aromatic rings. The third-order valence-corrected chi connectivity index (χ3v) is 3.29. The standard InChI is InChI=1S/C13H18N4O3/c1-20-13-10(11(14)18)6-9(7-16-13)17-12(19)8-2-4-15-5-3-8/h6-8,15H,2-5H2,1H3,(H2,14,18)(H,17,19). The molecule has 0 aliphatic carbocycles. The van der Waals surface area contributed by atoms with Gasteiger partial charge in [0.05, 0.1) is 19.0 Å². The van der Waals surface area contributed by atoms with E-state index < -0.39 is 5.91 Å². The number of methoxy groups -OCH3 is 1. The lowest BCUT2D eigenvalue weighted by Gasteiger charge is -2.21. The molecular weight excluding hydrogens is 260 g/mol. The molecule has 2 rings (SSSR count). The van der Waals surface area contributed by atoms with Crippen LogP contribution in [-0.2, 0) is 4.79 Å². The molecule has 20 heavy (non-hydrogen) atoms. The van der Waals surface area contributed by atoms with E-state index in [0.717, 1.165) is 25.9 Å². The average molecular weight is 278 g/mol. The first-order chi connectivity index (χ1) is 9.61. The van der Waals surface area contributed by atoms with E-state index in [2.05, 4.69) is 15.6 Å². The molecule has 0 aromatic carbocycles. The number of piperidine rings is 1. The highest BCUT2D eigenvalue weighted by atomic mass is 16.5. The maximum Gasteiger partial charge on any atom is 0.254 e. The van der Waals surface area contributed by atoms with Crippen LogP contribution in [0.4, 0.5) is 5.69 Å². The van der Waals surface area contributed by atoms with Crippen LogP contribution in [0.3, 0.4) is 0 Å². The highest BCUT2D eigenvalue weighted by molar-refractivity contribution is 5.98. The molecule has 7 heteroatoms. The molecule has 0 saturated carbocycles. The van der Waals surface area contributed by atoms with Crippen LogP contribution in [0.1, 0.15) is 23.2 Å². The van der Waals surface area contributed by atoms with Gasteiger partial charge in [-0.15, -0.1) is 0 Å². The van der Waals surface area contributed by atoms with Gasteiger partial charge in [-0.2, -0.15) is 0 Å². The van der Waals surface area contributed by atoms with Gasteiger partial charge >= 0.3 is 0 Å². The van der Waals surface area contributed by atoms with E-state index in [4.69, 9.17) is 10.5 Å². The molecule has 7 nitrogen and oxygen atoms in total. The van der Waals surface area contributed by atoms with Gasteiger partial charge in [0, 0.05) is 5.92 Å². The molecular formula is C13H18N4O3. The first-order valence-electron chi connectivity index (χ1n) is 6.47. The van der Waals surface area contributed by atoms with Crippen LogP contribution in [0.2, 0.25) is 0 Å². The van der Waals surface area contributed by atoms with Crippen LogP contribution >= 0.6 is 0 Å².